The van der Waals surface area contributed by atoms with Crippen molar-refractivity contribution in [2.45, 2.75) is 25.8 Å². The molecule has 0 unspecified atom stereocenters. The van der Waals surface area contributed by atoms with Crippen molar-refractivity contribution in [2.24, 2.45) is 16.5 Å². The van der Waals surface area contributed by atoms with E-state index in [1.165, 1.54) is 4.90 Å². The molecular weight excluding hydrogens is 240 g/mol. The van der Waals surface area contributed by atoms with E-state index in [9.17, 15) is 9.59 Å². The molecule has 0 rings (SSSR count). The highest BCUT2D eigenvalue weighted by Crippen LogP contribution is 2.07. The van der Waals surface area contributed by atoms with Crippen LogP contribution in [0.2, 0.25) is 0 Å². The summed E-state index contributed by atoms with van der Waals surface area (Å²) in [5.74, 6) is -2.13. The Bertz CT molecular complexity index is 315. The summed E-state index contributed by atoms with van der Waals surface area (Å²) in [4.78, 5) is 26.9. The fraction of sp³-hybridized carbons (Fsp3) is 0.700. The Morgan fingerprint density at radius 3 is 2.33 bits per heavy atom. The van der Waals surface area contributed by atoms with E-state index in [2.05, 4.69) is 4.99 Å². The summed E-state index contributed by atoms with van der Waals surface area (Å²) < 4.78 is 0. The average Bonchev–Trinajstić information content (AvgIpc) is 2.25. The molecule has 0 aliphatic heterocycles. The molecule has 0 spiro atoms. The van der Waals surface area contributed by atoms with Crippen LogP contribution in [0.25, 0.3) is 0 Å². The van der Waals surface area contributed by atoms with E-state index in [4.69, 9.17) is 21.7 Å². The molecule has 0 aromatic heterocycles. The lowest BCUT2D eigenvalue weighted by atomic mass is 10.1. The summed E-state index contributed by atoms with van der Waals surface area (Å²) in [6.07, 6.45) is 0.776. The second-order valence-corrected chi connectivity index (χ2v) is 3.76. The van der Waals surface area contributed by atoms with Crippen molar-refractivity contribution in [3.63, 3.8) is 0 Å². The van der Waals surface area contributed by atoms with E-state index in [1.807, 2.05) is 0 Å². The normalized spacial score (nSPS) is 12.1. The maximum atomic E-state index is 11.1. The van der Waals surface area contributed by atoms with Crippen LogP contribution in [0.3, 0.4) is 0 Å². The Balaban J connectivity index is 4.40. The van der Waals surface area contributed by atoms with E-state index >= 15 is 0 Å². The standard InChI is InChI=1S/C10H20N4O4/c1-2-14(6-8(15)16)7(9(17)18)4-3-5-13-10(11)12/h7H,2-6H2,1H3,(H,15,16)(H,17,18)(H4,11,12,13)/t7-/m0/s1. The Labute approximate surface area is 105 Å². The summed E-state index contributed by atoms with van der Waals surface area (Å²) in [6.45, 7) is 2.10. The number of hydrogen-bond donors (Lipinski definition) is 4. The number of aliphatic carboxylic acids is 2. The van der Waals surface area contributed by atoms with Crippen LogP contribution in [0.4, 0.5) is 0 Å². The maximum absolute atomic E-state index is 11.1. The van der Waals surface area contributed by atoms with E-state index < -0.39 is 18.0 Å². The molecule has 0 saturated carbocycles. The van der Waals surface area contributed by atoms with Crippen LogP contribution >= 0.6 is 0 Å². The van der Waals surface area contributed by atoms with Crippen molar-refractivity contribution >= 4 is 17.9 Å². The van der Waals surface area contributed by atoms with Crippen molar-refractivity contribution in [3.05, 3.63) is 0 Å². The molecule has 1 atom stereocenters. The molecule has 0 fully saturated rings. The molecule has 0 aromatic rings. The number of aliphatic imine (C=N–C) groups is 1. The topological polar surface area (TPSA) is 142 Å². The Morgan fingerprint density at radius 1 is 1.33 bits per heavy atom. The smallest absolute Gasteiger partial charge is 0.320 e. The van der Waals surface area contributed by atoms with Gasteiger partial charge in [0.25, 0.3) is 0 Å². The van der Waals surface area contributed by atoms with Gasteiger partial charge in [0, 0.05) is 6.54 Å². The van der Waals surface area contributed by atoms with Gasteiger partial charge in [-0.2, -0.15) is 0 Å². The first-order valence-electron chi connectivity index (χ1n) is 5.62. The van der Waals surface area contributed by atoms with Gasteiger partial charge in [-0.25, -0.2) is 0 Å². The molecule has 0 aromatic carbocycles. The van der Waals surface area contributed by atoms with Crippen LogP contribution in [0.5, 0.6) is 0 Å². The van der Waals surface area contributed by atoms with Gasteiger partial charge in [0.1, 0.15) is 6.04 Å². The number of rotatable bonds is 9. The van der Waals surface area contributed by atoms with Gasteiger partial charge in [-0.05, 0) is 19.4 Å². The van der Waals surface area contributed by atoms with Crippen LogP contribution in [0.1, 0.15) is 19.8 Å². The summed E-state index contributed by atoms with van der Waals surface area (Å²) in [5.41, 5.74) is 10.3. The van der Waals surface area contributed by atoms with Gasteiger partial charge in [-0.15, -0.1) is 0 Å². The first-order valence-corrected chi connectivity index (χ1v) is 5.62. The molecule has 0 bridgehead atoms. The zero-order chi connectivity index (χ0) is 14.1. The fourth-order valence-corrected chi connectivity index (χ4v) is 1.57. The van der Waals surface area contributed by atoms with Crippen molar-refractivity contribution in [1.82, 2.24) is 4.90 Å². The van der Waals surface area contributed by atoms with E-state index in [0.29, 0.717) is 25.9 Å². The minimum absolute atomic E-state index is 0.0419. The summed E-state index contributed by atoms with van der Waals surface area (Å²) in [5, 5.41) is 17.8. The van der Waals surface area contributed by atoms with Crippen LogP contribution < -0.4 is 11.5 Å². The minimum atomic E-state index is -1.05. The molecule has 0 aliphatic carbocycles. The maximum Gasteiger partial charge on any atom is 0.320 e. The van der Waals surface area contributed by atoms with Crippen molar-refractivity contribution in [3.8, 4) is 0 Å². The molecule has 0 aliphatic rings. The zero-order valence-electron chi connectivity index (χ0n) is 10.4. The number of nitrogens with zero attached hydrogens (tertiary/aromatic N) is 2. The summed E-state index contributed by atoms with van der Waals surface area (Å²) in [6, 6.07) is -0.833. The highest BCUT2D eigenvalue weighted by atomic mass is 16.4. The highest BCUT2D eigenvalue weighted by Gasteiger charge is 2.25. The average molecular weight is 260 g/mol. The predicted octanol–water partition coefficient (Wildman–Crippen LogP) is -1.10. The molecule has 8 heteroatoms. The van der Waals surface area contributed by atoms with E-state index in [0.717, 1.165) is 0 Å². The van der Waals surface area contributed by atoms with Crippen molar-refractivity contribution in [2.75, 3.05) is 19.6 Å². The number of carbonyl (C=O) groups is 2. The monoisotopic (exact) mass is 260 g/mol. The largest absolute Gasteiger partial charge is 0.480 e. The van der Waals surface area contributed by atoms with Gasteiger partial charge < -0.3 is 21.7 Å². The van der Waals surface area contributed by atoms with E-state index in [1.54, 1.807) is 6.92 Å². The Morgan fingerprint density at radius 2 is 1.94 bits per heavy atom. The molecule has 0 heterocycles. The molecule has 0 saturated heterocycles. The number of guanidine groups is 1. The number of likely N-dealkylation sites (N-methyl/N-ethyl adjacent to an activating group) is 1. The van der Waals surface area contributed by atoms with Gasteiger partial charge in [0.15, 0.2) is 5.96 Å². The quantitative estimate of drug-likeness (QED) is 0.234. The predicted molar refractivity (Wildman–Crippen MR) is 66.2 cm³/mol. The molecule has 0 radical (unpaired) electrons. The molecule has 18 heavy (non-hydrogen) atoms. The van der Waals surface area contributed by atoms with Crippen LogP contribution in [-0.4, -0.2) is 58.7 Å². The molecule has 0 amide bonds. The van der Waals surface area contributed by atoms with E-state index in [-0.39, 0.29) is 12.5 Å². The van der Waals surface area contributed by atoms with Crippen molar-refractivity contribution in [1.29, 1.82) is 0 Å². The van der Waals surface area contributed by atoms with Crippen molar-refractivity contribution < 1.29 is 19.8 Å². The summed E-state index contributed by atoms with van der Waals surface area (Å²) >= 11 is 0. The Hall–Kier alpha value is -1.83. The molecule has 8 nitrogen and oxygen atoms in total. The lowest BCUT2D eigenvalue weighted by molar-refractivity contribution is -0.146. The number of hydrogen-bond acceptors (Lipinski definition) is 4. The third kappa shape index (κ3) is 6.69. The van der Waals surface area contributed by atoms with Gasteiger partial charge in [-0.3, -0.25) is 19.5 Å². The van der Waals surface area contributed by atoms with Gasteiger partial charge in [0.2, 0.25) is 0 Å². The third-order valence-corrected chi connectivity index (χ3v) is 2.40. The first-order chi connectivity index (χ1) is 8.38. The minimum Gasteiger partial charge on any atom is -0.480 e. The summed E-state index contributed by atoms with van der Waals surface area (Å²) in [7, 11) is 0. The molecular formula is C10H20N4O4. The second-order valence-electron chi connectivity index (χ2n) is 3.76. The first kappa shape index (κ1) is 16.2. The fourth-order valence-electron chi connectivity index (χ4n) is 1.57. The molecule has 104 valence electrons. The number of nitrogens with two attached hydrogens (primary N) is 2. The SMILES string of the molecule is CCN(CC(=O)O)[C@@H](CCCN=C(N)N)C(=O)O. The lowest BCUT2D eigenvalue weighted by Gasteiger charge is -2.25. The second kappa shape index (κ2) is 8.29. The third-order valence-electron chi connectivity index (χ3n) is 2.40. The van der Waals surface area contributed by atoms with Gasteiger partial charge in [-0.1, -0.05) is 6.92 Å². The highest BCUT2D eigenvalue weighted by molar-refractivity contribution is 5.76. The Kier molecular flexibility index (Phi) is 7.45. The van der Waals surface area contributed by atoms with Gasteiger partial charge in [0.05, 0.1) is 6.54 Å². The lowest BCUT2D eigenvalue weighted by Crippen LogP contribution is -2.44. The molecule has 6 N–H and O–H groups in total. The van der Waals surface area contributed by atoms with Crippen LogP contribution in [0, 0.1) is 0 Å². The van der Waals surface area contributed by atoms with Crippen LogP contribution in [0.15, 0.2) is 4.99 Å². The zero-order valence-corrected chi connectivity index (χ0v) is 10.4. The van der Waals surface area contributed by atoms with Crippen LogP contribution in [-0.2, 0) is 9.59 Å². The number of carboxylic acids is 2. The van der Waals surface area contributed by atoms with Gasteiger partial charge >= 0.3 is 11.9 Å². The number of carboxylic acid groups (broad SMARTS) is 2.